The molecule has 0 saturated heterocycles. The predicted octanol–water partition coefficient (Wildman–Crippen LogP) is 18.8. The highest BCUT2D eigenvalue weighted by Crippen LogP contribution is 2.47. The van der Waals surface area contributed by atoms with Crippen LogP contribution in [0.3, 0.4) is 0 Å². The van der Waals surface area contributed by atoms with Gasteiger partial charge in [-0.2, -0.15) is 0 Å². The van der Waals surface area contributed by atoms with Crippen molar-refractivity contribution in [2.24, 2.45) is 0 Å². The average Bonchev–Trinajstić information content (AvgIpc) is 4.16. The Morgan fingerprint density at radius 1 is 0.271 bits per heavy atom. The van der Waals surface area contributed by atoms with Crippen molar-refractivity contribution in [1.29, 1.82) is 0 Å². The minimum Gasteiger partial charge on any atom is -0.340 e. The number of nitrogens with zero attached hydrogens (tertiary/aromatic N) is 4. The Bertz CT molecular complexity index is 4470. The van der Waals surface area contributed by atoms with Gasteiger partial charge in [-0.25, -0.2) is 0 Å². The van der Waals surface area contributed by atoms with Crippen molar-refractivity contribution in [1.82, 2.24) is 18.3 Å². The Labute approximate surface area is 412 Å². The summed E-state index contributed by atoms with van der Waals surface area (Å²) in [5, 5.41) is 15.7. The van der Waals surface area contributed by atoms with Crippen LogP contribution in [0.5, 0.6) is 0 Å². The van der Waals surface area contributed by atoms with Crippen LogP contribution in [-0.4, -0.2) is 18.3 Å². The largest absolute Gasteiger partial charge is 0.340 e. The quantitative estimate of drug-likeness (QED) is 0.158. The van der Waals surface area contributed by atoms with E-state index in [9.17, 15) is 0 Å². The van der Waals surface area contributed by atoms with Gasteiger partial charge in [0.15, 0.2) is 0 Å². The smallest absolute Gasteiger partial charge is 0.0739 e. The fourth-order valence-corrected chi connectivity index (χ4v) is 14.9. The van der Waals surface area contributed by atoms with Crippen molar-refractivity contribution >= 4 is 150 Å². The zero-order valence-corrected chi connectivity index (χ0v) is 41.2. The molecule has 4 bridgehead atoms. The van der Waals surface area contributed by atoms with Gasteiger partial charge in [0.2, 0.25) is 0 Å². The van der Waals surface area contributed by atoms with Crippen LogP contribution >= 0.6 is 22.7 Å². The SMILES string of the molecule is CCn1c2cc(-c3ccc4sc5ccccc5c4c3)cc3c2cc(c2c3c3ccccc3n2CC)n(CC)c2cc(-c3ccc4sc5ccccc5c4c3)cc3c2cc1c1c3c2ccccc2n1CC. The van der Waals surface area contributed by atoms with Crippen molar-refractivity contribution in [2.45, 2.75) is 53.9 Å². The van der Waals surface area contributed by atoms with Crippen LogP contribution in [-0.2, 0) is 26.2 Å². The van der Waals surface area contributed by atoms with Crippen molar-refractivity contribution in [2.75, 3.05) is 0 Å². The molecule has 10 aromatic carbocycles. The number of rotatable bonds is 6. The maximum Gasteiger partial charge on any atom is 0.0739 e. The van der Waals surface area contributed by atoms with Crippen LogP contribution in [0, 0.1) is 0 Å². The number of aromatic nitrogens is 4. The fourth-order valence-electron chi connectivity index (χ4n) is 12.7. The van der Waals surface area contributed by atoms with Gasteiger partial charge in [-0.1, -0.05) is 84.9 Å². The number of hydrogen-bond donors (Lipinski definition) is 0. The van der Waals surface area contributed by atoms with Crippen molar-refractivity contribution in [3.63, 3.8) is 0 Å². The van der Waals surface area contributed by atoms with E-state index in [1.807, 2.05) is 22.7 Å². The van der Waals surface area contributed by atoms with Gasteiger partial charge >= 0.3 is 0 Å². The van der Waals surface area contributed by atoms with Crippen molar-refractivity contribution in [3.8, 4) is 22.3 Å². The maximum absolute atomic E-state index is 2.65. The molecule has 5 heterocycles. The molecule has 336 valence electrons. The second kappa shape index (κ2) is 14.9. The van der Waals surface area contributed by atoms with Gasteiger partial charge in [0.25, 0.3) is 0 Å². The summed E-state index contributed by atoms with van der Waals surface area (Å²) in [6, 6.07) is 65.5. The summed E-state index contributed by atoms with van der Waals surface area (Å²) in [5.74, 6) is 0. The predicted molar refractivity (Wildman–Crippen MR) is 307 cm³/mol. The summed E-state index contributed by atoms with van der Waals surface area (Å²) < 4.78 is 15.8. The first-order valence-electron chi connectivity index (χ1n) is 24.9. The molecule has 0 N–H and O–H groups in total. The molecule has 0 atom stereocenters. The van der Waals surface area contributed by atoms with Crippen LogP contribution in [0.25, 0.3) is 150 Å². The minimum absolute atomic E-state index is 0.794. The van der Waals surface area contributed by atoms with Gasteiger partial charge < -0.3 is 18.3 Å². The van der Waals surface area contributed by atoms with Crippen LogP contribution in [0.1, 0.15) is 27.7 Å². The standard InChI is InChI=1S/C64H48N4S2/c1-5-65-53-33-39(37-25-27-59-47(29-37)41-17-11-15-23-57(41)69-59)31-49-45(53)36-56(64-62(49)44-20-10-14-22-52(44)68(64)8-4)66(6-2)54-34-40(38-26-28-60-48(30-38)42-18-12-16-24-58(42)70-60)32-50-46(54)35-55(65)63-61(50)43-19-9-13-21-51(43)67(63)7-3/h9-36H,5-8H2,1-4H3. The lowest BCUT2D eigenvalue weighted by atomic mass is 9.94. The summed E-state index contributed by atoms with van der Waals surface area (Å²) in [6.45, 7) is 12.6. The molecule has 4 nitrogen and oxygen atoms in total. The summed E-state index contributed by atoms with van der Waals surface area (Å²) in [4.78, 5) is 0. The molecule has 0 radical (unpaired) electrons. The Kier molecular flexibility index (Phi) is 8.59. The first-order valence-corrected chi connectivity index (χ1v) is 26.6. The van der Waals surface area contributed by atoms with Crippen LogP contribution < -0.4 is 0 Å². The Balaban J connectivity index is 1.20. The number of para-hydroxylation sites is 2. The number of hydrogen-bond acceptors (Lipinski definition) is 2. The van der Waals surface area contributed by atoms with Crippen LogP contribution in [0.2, 0.25) is 0 Å². The maximum atomic E-state index is 2.65. The lowest BCUT2D eigenvalue weighted by molar-refractivity contribution is 0.801. The van der Waals surface area contributed by atoms with E-state index in [0.717, 1.165) is 26.2 Å². The van der Waals surface area contributed by atoms with Gasteiger partial charge in [-0.3, -0.25) is 0 Å². The zero-order chi connectivity index (χ0) is 46.5. The Hall–Kier alpha value is -7.64. The third-order valence-electron chi connectivity index (χ3n) is 15.7. The molecule has 0 aliphatic carbocycles. The van der Waals surface area contributed by atoms with Gasteiger partial charge in [-0.05, 0) is 146 Å². The van der Waals surface area contributed by atoms with E-state index in [2.05, 4.69) is 216 Å². The summed E-state index contributed by atoms with van der Waals surface area (Å²) >= 11 is 3.77. The molecule has 0 unspecified atom stereocenters. The third kappa shape index (κ3) is 5.41. The normalized spacial score (nSPS) is 12.5. The Morgan fingerprint density at radius 3 is 1.07 bits per heavy atom. The van der Waals surface area contributed by atoms with Crippen molar-refractivity contribution < 1.29 is 0 Å². The summed E-state index contributed by atoms with van der Waals surface area (Å²) in [7, 11) is 0. The highest BCUT2D eigenvalue weighted by atomic mass is 32.1. The van der Waals surface area contributed by atoms with E-state index >= 15 is 0 Å². The highest BCUT2D eigenvalue weighted by Gasteiger charge is 2.24. The second-order valence-electron chi connectivity index (χ2n) is 19.0. The van der Waals surface area contributed by atoms with Crippen molar-refractivity contribution in [3.05, 3.63) is 170 Å². The van der Waals surface area contributed by atoms with E-state index in [0.29, 0.717) is 0 Å². The topological polar surface area (TPSA) is 19.7 Å². The van der Waals surface area contributed by atoms with Gasteiger partial charge in [0, 0.05) is 121 Å². The molecule has 0 aliphatic heterocycles. The number of fused-ring (bicyclic) bond motifs is 18. The molecule has 15 aromatic rings. The second-order valence-corrected chi connectivity index (χ2v) is 21.2. The number of aryl methyl sites for hydroxylation is 4. The summed E-state index contributed by atoms with van der Waals surface area (Å²) in [5.41, 5.74) is 15.0. The van der Waals surface area contributed by atoms with E-state index in [1.54, 1.807) is 0 Å². The molecular formula is C64H48N4S2. The Morgan fingerprint density at radius 2 is 0.643 bits per heavy atom. The lowest BCUT2D eigenvalue weighted by Crippen LogP contribution is -2.06. The molecule has 70 heavy (non-hydrogen) atoms. The summed E-state index contributed by atoms with van der Waals surface area (Å²) in [6.07, 6.45) is 0. The molecule has 5 aromatic heterocycles. The minimum atomic E-state index is 0.794. The van der Waals surface area contributed by atoms with Crippen LogP contribution in [0.15, 0.2) is 170 Å². The van der Waals surface area contributed by atoms with E-state index in [1.165, 1.54) is 150 Å². The average molecular weight is 937 g/mol. The van der Waals surface area contributed by atoms with E-state index in [4.69, 9.17) is 0 Å². The van der Waals surface area contributed by atoms with Gasteiger partial charge in [-0.15, -0.1) is 22.7 Å². The van der Waals surface area contributed by atoms with Gasteiger partial charge in [0.1, 0.15) is 0 Å². The van der Waals surface area contributed by atoms with E-state index < -0.39 is 0 Å². The molecule has 0 fully saturated rings. The molecule has 0 aliphatic rings. The van der Waals surface area contributed by atoms with Crippen LogP contribution in [0.4, 0.5) is 0 Å². The molecule has 0 amide bonds. The first kappa shape index (κ1) is 40.3. The monoisotopic (exact) mass is 936 g/mol. The molecule has 0 saturated carbocycles. The highest BCUT2D eigenvalue weighted by molar-refractivity contribution is 7.26. The van der Waals surface area contributed by atoms with Gasteiger partial charge in [0.05, 0.1) is 22.1 Å². The fraction of sp³-hybridized carbons (Fsp3) is 0.125. The zero-order valence-electron chi connectivity index (χ0n) is 39.6. The number of benzene rings is 10. The molecule has 0 spiro atoms. The number of thiophene rings is 2. The molecule has 6 heteroatoms. The molecule has 15 rings (SSSR count). The molecular weight excluding hydrogens is 889 g/mol. The lowest BCUT2D eigenvalue weighted by Gasteiger charge is -2.21. The van der Waals surface area contributed by atoms with E-state index in [-0.39, 0.29) is 0 Å². The first-order chi connectivity index (χ1) is 34.5. The third-order valence-corrected chi connectivity index (χ3v) is 18.0.